The number of nitrogens with one attached hydrogen (secondary N) is 2. The van der Waals surface area contributed by atoms with E-state index in [9.17, 15) is 9.59 Å². The first kappa shape index (κ1) is 35.3. The third-order valence-corrected chi connectivity index (χ3v) is 5.36. The number of unbranched alkanes of at least 4 members (excludes halogenated alkanes) is 7. The molecule has 0 aliphatic heterocycles. The highest BCUT2D eigenvalue weighted by molar-refractivity contribution is 5.78. The number of hydrogen-bond acceptors (Lipinski definition) is 6. The average molecular weight is 504 g/mol. The summed E-state index contributed by atoms with van der Waals surface area (Å²) in [6, 6.07) is -1.04. The lowest BCUT2D eigenvalue weighted by Crippen LogP contribution is -2.61. The maximum atomic E-state index is 12.6. The van der Waals surface area contributed by atoms with E-state index in [0.29, 0.717) is 17.6 Å². The summed E-state index contributed by atoms with van der Waals surface area (Å²) in [6.07, 6.45) is 10.6. The van der Waals surface area contributed by atoms with E-state index in [2.05, 4.69) is 17.6 Å². The third-order valence-electron chi connectivity index (χ3n) is 5.36. The number of quaternary nitrogens is 1. The molecule has 2 atom stereocenters. The molecule has 0 bridgehead atoms. The van der Waals surface area contributed by atoms with Gasteiger partial charge in [-0.2, -0.15) is 0 Å². The standard InChI is InChI=1S/C25H51N3O4.CH2O2/c1-8-9-10-12-15-18-31-19-16-13-11-14-17-26-25(30)27-22(4)23(28(5,6)7)24(29)32-20-21(2)3;2-1-3/h21-23H,8-20H2,1-7H3,(H-,26,27,30);1H,(H,2,3)/t22?,23-;/m1./s1. The molecule has 0 aromatic heterocycles. The predicted octanol–water partition coefficient (Wildman–Crippen LogP) is 2.86. The van der Waals surface area contributed by atoms with E-state index >= 15 is 0 Å². The van der Waals surface area contributed by atoms with Gasteiger partial charge in [-0.05, 0) is 32.1 Å². The minimum Gasteiger partial charge on any atom is -0.554 e. The van der Waals surface area contributed by atoms with Crippen LogP contribution in [0.1, 0.15) is 85.5 Å². The van der Waals surface area contributed by atoms with E-state index in [1.54, 1.807) is 0 Å². The van der Waals surface area contributed by atoms with Crippen LogP contribution in [0.15, 0.2) is 0 Å². The summed E-state index contributed by atoms with van der Waals surface area (Å²) in [6.45, 7) is 10.3. The van der Waals surface area contributed by atoms with Gasteiger partial charge in [0.1, 0.15) is 0 Å². The van der Waals surface area contributed by atoms with Crippen LogP contribution in [0.3, 0.4) is 0 Å². The van der Waals surface area contributed by atoms with Crippen molar-refractivity contribution < 1.29 is 33.4 Å². The van der Waals surface area contributed by atoms with Gasteiger partial charge in [0.15, 0.2) is 0 Å². The summed E-state index contributed by atoms with van der Waals surface area (Å²) >= 11 is 0. The van der Waals surface area contributed by atoms with Gasteiger partial charge >= 0.3 is 12.0 Å². The highest BCUT2D eigenvalue weighted by Crippen LogP contribution is 2.11. The maximum absolute atomic E-state index is 12.6. The van der Waals surface area contributed by atoms with E-state index in [1.807, 2.05) is 41.9 Å². The third kappa shape index (κ3) is 22.3. The van der Waals surface area contributed by atoms with E-state index in [4.69, 9.17) is 19.4 Å². The molecule has 1 unspecified atom stereocenters. The Morgan fingerprint density at radius 3 is 1.91 bits per heavy atom. The molecule has 0 fully saturated rings. The first-order valence-corrected chi connectivity index (χ1v) is 13.2. The lowest BCUT2D eigenvalue weighted by Gasteiger charge is -2.36. The topological polar surface area (TPSA) is 117 Å². The molecule has 2 N–H and O–H groups in total. The first-order valence-electron chi connectivity index (χ1n) is 13.2. The van der Waals surface area contributed by atoms with Crippen molar-refractivity contribution in [2.45, 2.75) is 97.6 Å². The second-order valence-corrected chi connectivity index (χ2v) is 10.3. The van der Waals surface area contributed by atoms with Crippen LogP contribution in [-0.2, 0) is 19.1 Å². The van der Waals surface area contributed by atoms with Gasteiger partial charge in [0.25, 0.3) is 0 Å². The number of carbonyl (C=O) groups is 3. The predicted molar refractivity (Wildman–Crippen MR) is 138 cm³/mol. The van der Waals surface area contributed by atoms with Crippen LogP contribution >= 0.6 is 0 Å². The Morgan fingerprint density at radius 2 is 1.43 bits per heavy atom. The SMILES string of the molecule is CCCCCCCOCCCCCCNC(=O)NC(C)[C@H](C(=O)OCC(C)C)[N+](C)(C)C.O=C[O-]. The van der Waals surface area contributed by atoms with Gasteiger partial charge in [-0.3, -0.25) is 0 Å². The molecular weight excluding hydrogens is 450 g/mol. The van der Waals surface area contributed by atoms with Crippen molar-refractivity contribution in [1.82, 2.24) is 10.6 Å². The number of carbonyl (C=O) groups excluding carboxylic acids is 3. The molecule has 0 aromatic carbocycles. The summed E-state index contributed by atoms with van der Waals surface area (Å²) in [5, 5.41) is 14.1. The van der Waals surface area contributed by atoms with Gasteiger partial charge in [0, 0.05) is 26.2 Å². The van der Waals surface area contributed by atoms with Crippen LogP contribution in [0.4, 0.5) is 4.79 Å². The summed E-state index contributed by atoms with van der Waals surface area (Å²) in [4.78, 5) is 33.1. The molecular formula is C26H53N3O6. The molecule has 0 radical (unpaired) electrons. The van der Waals surface area contributed by atoms with Gasteiger partial charge < -0.3 is 34.5 Å². The van der Waals surface area contributed by atoms with Crippen molar-refractivity contribution in [3.05, 3.63) is 0 Å². The number of nitrogens with zero attached hydrogens (tertiary/aromatic N) is 1. The van der Waals surface area contributed by atoms with E-state index in [-0.39, 0.29) is 24.0 Å². The monoisotopic (exact) mass is 503 g/mol. The normalized spacial score (nSPS) is 12.8. The molecule has 35 heavy (non-hydrogen) atoms. The van der Waals surface area contributed by atoms with Gasteiger partial charge in [-0.25, -0.2) is 9.59 Å². The summed E-state index contributed by atoms with van der Waals surface area (Å²) in [5.41, 5.74) is 0. The second kappa shape index (κ2) is 22.6. The summed E-state index contributed by atoms with van der Waals surface area (Å²) < 4.78 is 11.5. The van der Waals surface area contributed by atoms with Crippen molar-refractivity contribution in [1.29, 1.82) is 0 Å². The van der Waals surface area contributed by atoms with E-state index in [1.165, 1.54) is 32.1 Å². The Balaban J connectivity index is 0. The van der Waals surface area contributed by atoms with Crippen molar-refractivity contribution in [2.75, 3.05) is 47.5 Å². The molecule has 2 amide bonds. The van der Waals surface area contributed by atoms with Crippen LogP contribution in [0.25, 0.3) is 0 Å². The molecule has 9 nitrogen and oxygen atoms in total. The quantitative estimate of drug-likeness (QED) is 0.121. The number of amides is 2. The molecule has 0 saturated heterocycles. The van der Waals surface area contributed by atoms with Crippen LogP contribution in [0.5, 0.6) is 0 Å². The highest BCUT2D eigenvalue weighted by atomic mass is 16.5. The zero-order valence-corrected chi connectivity index (χ0v) is 23.4. The Hall–Kier alpha value is -1.87. The zero-order chi connectivity index (χ0) is 27.1. The van der Waals surface area contributed by atoms with Crippen molar-refractivity contribution in [2.24, 2.45) is 5.92 Å². The van der Waals surface area contributed by atoms with Gasteiger partial charge in [-0.1, -0.05) is 59.3 Å². The Morgan fingerprint density at radius 1 is 0.914 bits per heavy atom. The largest absolute Gasteiger partial charge is 0.554 e. The van der Waals surface area contributed by atoms with Crippen LogP contribution in [0, 0.1) is 5.92 Å². The summed E-state index contributed by atoms with van der Waals surface area (Å²) in [5.74, 6) is 0.00271. The highest BCUT2D eigenvalue weighted by Gasteiger charge is 2.39. The number of urea groups is 1. The summed E-state index contributed by atoms with van der Waals surface area (Å²) in [7, 11) is 5.81. The molecule has 9 heteroatoms. The molecule has 0 aliphatic carbocycles. The molecule has 0 spiro atoms. The Kier molecular flexibility index (Phi) is 22.8. The van der Waals surface area contributed by atoms with Crippen molar-refractivity contribution >= 4 is 18.5 Å². The minimum absolute atomic E-state index is 0.237. The zero-order valence-electron chi connectivity index (χ0n) is 23.4. The van der Waals surface area contributed by atoms with Gasteiger partial charge in [0.05, 0.1) is 33.8 Å². The Bertz CT molecular complexity index is 538. The van der Waals surface area contributed by atoms with Crippen LogP contribution in [0.2, 0.25) is 0 Å². The molecule has 0 aliphatic rings. The molecule has 0 heterocycles. The molecule has 0 rings (SSSR count). The number of esters is 1. The second-order valence-electron chi connectivity index (χ2n) is 10.3. The molecule has 208 valence electrons. The van der Waals surface area contributed by atoms with Gasteiger partial charge in [-0.15, -0.1) is 0 Å². The molecule has 0 aromatic rings. The minimum atomic E-state index is -0.500. The number of ether oxygens (including phenoxy) is 2. The van der Waals surface area contributed by atoms with Crippen LogP contribution in [-0.4, -0.2) is 82.5 Å². The smallest absolute Gasteiger partial charge is 0.367 e. The van der Waals surface area contributed by atoms with E-state index in [0.717, 1.165) is 38.9 Å². The number of rotatable bonds is 19. The fourth-order valence-corrected chi connectivity index (χ4v) is 3.66. The van der Waals surface area contributed by atoms with Crippen molar-refractivity contribution in [3.8, 4) is 0 Å². The first-order chi connectivity index (χ1) is 16.5. The molecule has 0 saturated carbocycles. The van der Waals surface area contributed by atoms with Crippen molar-refractivity contribution in [3.63, 3.8) is 0 Å². The Labute approximate surface area is 213 Å². The maximum Gasteiger partial charge on any atom is 0.367 e. The lowest BCUT2D eigenvalue weighted by atomic mass is 10.1. The fourth-order valence-electron chi connectivity index (χ4n) is 3.66. The van der Waals surface area contributed by atoms with Gasteiger partial charge in [0.2, 0.25) is 6.04 Å². The number of hydrogen-bond donors (Lipinski definition) is 2. The fraction of sp³-hybridized carbons (Fsp3) is 0.885. The van der Waals surface area contributed by atoms with E-state index < -0.39 is 12.5 Å². The lowest BCUT2D eigenvalue weighted by molar-refractivity contribution is -0.888. The van der Waals surface area contributed by atoms with Crippen LogP contribution < -0.4 is 15.7 Å². The number of carboxylic acid groups (broad SMARTS) is 1. The number of likely N-dealkylation sites (N-methyl/N-ethyl adjacent to an activating group) is 1. The average Bonchev–Trinajstić information content (AvgIpc) is 2.75.